The quantitative estimate of drug-likeness (QED) is 0.216. The predicted molar refractivity (Wildman–Crippen MR) is 170 cm³/mol. The number of benzene rings is 6. The van der Waals surface area contributed by atoms with Crippen molar-refractivity contribution in [1.82, 2.24) is 0 Å². The minimum atomic E-state index is -0.287. The summed E-state index contributed by atoms with van der Waals surface area (Å²) in [6, 6.07) is 49.7. The van der Waals surface area contributed by atoms with Crippen molar-refractivity contribution in [2.75, 3.05) is 11.9 Å². The number of thiophene rings is 1. The highest BCUT2D eigenvalue weighted by atomic mass is 32.1. The van der Waals surface area contributed by atoms with Gasteiger partial charge in [0.15, 0.2) is 0 Å². The highest BCUT2D eigenvalue weighted by molar-refractivity contribution is 7.25. The molecule has 2 aliphatic carbocycles. The van der Waals surface area contributed by atoms with Gasteiger partial charge in [0.1, 0.15) is 0 Å². The molecule has 0 atom stereocenters. The summed E-state index contributed by atoms with van der Waals surface area (Å²) in [6.07, 6.45) is 0. The Hall–Kier alpha value is -4.66. The fraction of sp³-hybridized carbons (Fsp3) is 0.0526. The highest BCUT2D eigenvalue weighted by Crippen LogP contribution is 2.63. The summed E-state index contributed by atoms with van der Waals surface area (Å²) in [5.74, 6) is 0. The molecule has 188 valence electrons. The molecule has 0 fully saturated rings. The summed E-state index contributed by atoms with van der Waals surface area (Å²) in [7, 11) is 2.19. The smallest absolute Gasteiger partial charge is 0.0725 e. The second-order valence-corrected chi connectivity index (χ2v) is 12.0. The van der Waals surface area contributed by atoms with Gasteiger partial charge in [-0.25, -0.2) is 0 Å². The van der Waals surface area contributed by atoms with E-state index >= 15 is 0 Å². The van der Waals surface area contributed by atoms with Crippen LogP contribution < -0.4 is 4.90 Å². The van der Waals surface area contributed by atoms with Crippen molar-refractivity contribution in [1.29, 1.82) is 0 Å². The predicted octanol–water partition coefficient (Wildman–Crippen LogP) is 10.2. The maximum atomic E-state index is 2.41. The molecule has 0 unspecified atom stereocenters. The van der Waals surface area contributed by atoms with Crippen molar-refractivity contribution in [2.45, 2.75) is 5.41 Å². The second kappa shape index (κ2) is 7.94. The van der Waals surface area contributed by atoms with Crippen molar-refractivity contribution in [2.24, 2.45) is 0 Å². The van der Waals surface area contributed by atoms with Crippen LogP contribution in [0.15, 0.2) is 133 Å². The van der Waals surface area contributed by atoms with E-state index in [1.807, 2.05) is 11.3 Å². The Balaban J connectivity index is 1.25. The van der Waals surface area contributed by atoms with Gasteiger partial charge in [0, 0.05) is 38.6 Å². The maximum Gasteiger partial charge on any atom is 0.0725 e. The first-order valence-electron chi connectivity index (χ1n) is 13.8. The molecule has 9 rings (SSSR count). The monoisotopic (exact) mass is 527 g/mol. The molecule has 0 saturated heterocycles. The minimum Gasteiger partial charge on any atom is -0.345 e. The first-order valence-corrected chi connectivity index (χ1v) is 14.7. The largest absolute Gasteiger partial charge is 0.345 e. The topological polar surface area (TPSA) is 3.24 Å². The lowest BCUT2D eigenvalue weighted by atomic mass is 9.70. The molecule has 0 bridgehead atoms. The van der Waals surface area contributed by atoms with Gasteiger partial charge in [0.2, 0.25) is 0 Å². The van der Waals surface area contributed by atoms with Crippen molar-refractivity contribution >= 4 is 42.9 Å². The molecule has 0 aliphatic heterocycles. The van der Waals surface area contributed by atoms with E-state index in [2.05, 4.69) is 145 Å². The Bertz CT molecular complexity index is 2100. The lowest BCUT2D eigenvalue weighted by Crippen LogP contribution is -2.25. The van der Waals surface area contributed by atoms with Gasteiger partial charge in [-0.15, -0.1) is 11.3 Å². The van der Waals surface area contributed by atoms with Crippen molar-refractivity contribution in [3.8, 4) is 22.3 Å². The van der Waals surface area contributed by atoms with Crippen molar-refractivity contribution < 1.29 is 0 Å². The van der Waals surface area contributed by atoms with Crippen LogP contribution in [0, 0.1) is 0 Å². The van der Waals surface area contributed by atoms with E-state index in [9.17, 15) is 0 Å². The molecule has 0 amide bonds. The van der Waals surface area contributed by atoms with Crippen LogP contribution in [0.5, 0.6) is 0 Å². The van der Waals surface area contributed by atoms with Crippen LogP contribution in [0.2, 0.25) is 0 Å². The van der Waals surface area contributed by atoms with Crippen LogP contribution in [0.4, 0.5) is 11.4 Å². The molecule has 2 heteroatoms. The number of rotatable bonds is 2. The Kier molecular flexibility index (Phi) is 4.40. The molecule has 0 radical (unpaired) electrons. The standard InChI is InChI=1S/C38H25NS/c1-39(25-19-21-37-31(23-25)29-13-5-9-17-36(29)40-37)24-18-20-35-30(22-24)28-12-4-8-16-34(28)38(35)32-14-6-2-10-26(32)27-11-3-7-15-33(27)38/h2-23H,1H3. The zero-order valence-corrected chi connectivity index (χ0v) is 22.9. The third-order valence-electron chi connectivity index (χ3n) is 9.12. The summed E-state index contributed by atoms with van der Waals surface area (Å²) in [5, 5.41) is 2.66. The number of nitrogens with zero attached hydrogens (tertiary/aromatic N) is 1. The highest BCUT2D eigenvalue weighted by Gasteiger charge is 2.51. The SMILES string of the molecule is CN(c1ccc2c(c1)-c1ccccc1C21c2ccccc2-c2ccccc21)c1ccc2sc3ccccc3c2c1. The van der Waals surface area contributed by atoms with Crippen LogP contribution >= 0.6 is 11.3 Å². The lowest BCUT2D eigenvalue weighted by Gasteiger charge is -2.30. The van der Waals surface area contributed by atoms with Crippen molar-refractivity contribution in [3.63, 3.8) is 0 Å². The molecule has 1 heterocycles. The molecule has 6 aromatic carbocycles. The average Bonchev–Trinajstić information content (AvgIpc) is 3.64. The van der Waals surface area contributed by atoms with E-state index < -0.39 is 0 Å². The molecule has 1 nitrogen and oxygen atoms in total. The van der Waals surface area contributed by atoms with Gasteiger partial charge in [-0.2, -0.15) is 0 Å². The molecule has 7 aromatic rings. The summed E-state index contributed by atoms with van der Waals surface area (Å²) in [4.78, 5) is 2.33. The van der Waals surface area contributed by atoms with Crippen LogP contribution in [0.3, 0.4) is 0 Å². The molecule has 0 saturated carbocycles. The molecular formula is C38H25NS. The van der Waals surface area contributed by atoms with E-state index in [-0.39, 0.29) is 5.41 Å². The second-order valence-electron chi connectivity index (χ2n) is 11.0. The number of hydrogen-bond acceptors (Lipinski definition) is 2. The average molecular weight is 528 g/mol. The first kappa shape index (κ1) is 22.2. The van der Waals surface area contributed by atoms with Gasteiger partial charge in [-0.3, -0.25) is 0 Å². The van der Waals surface area contributed by atoms with Gasteiger partial charge < -0.3 is 4.90 Å². The Morgan fingerprint density at radius 2 is 0.950 bits per heavy atom. The summed E-state index contributed by atoms with van der Waals surface area (Å²) in [5.41, 5.74) is 13.0. The van der Waals surface area contributed by atoms with E-state index in [1.165, 1.54) is 76.1 Å². The third-order valence-corrected chi connectivity index (χ3v) is 10.3. The summed E-state index contributed by atoms with van der Waals surface area (Å²) >= 11 is 1.87. The summed E-state index contributed by atoms with van der Waals surface area (Å²) in [6.45, 7) is 0. The fourth-order valence-corrected chi connectivity index (χ4v) is 8.45. The van der Waals surface area contributed by atoms with E-state index in [0.29, 0.717) is 0 Å². The van der Waals surface area contributed by atoms with Crippen LogP contribution in [-0.2, 0) is 5.41 Å². The molecule has 1 aromatic heterocycles. The van der Waals surface area contributed by atoms with E-state index in [1.54, 1.807) is 0 Å². The Morgan fingerprint density at radius 3 is 1.65 bits per heavy atom. The van der Waals surface area contributed by atoms with Crippen molar-refractivity contribution in [3.05, 3.63) is 156 Å². The number of anilines is 2. The van der Waals surface area contributed by atoms with Crippen LogP contribution in [-0.4, -0.2) is 7.05 Å². The molecular weight excluding hydrogens is 502 g/mol. The van der Waals surface area contributed by atoms with Gasteiger partial charge >= 0.3 is 0 Å². The number of hydrogen-bond donors (Lipinski definition) is 0. The fourth-order valence-electron chi connectivity index (χ4n) is 7.37. The molecule has 0 N–H and O–H groups in total. The normalized spacial score (nSPS) is 13.8. The van der Waals surface area contributed by atoms with Gasteiger partial charge in [-0.1, -0.05) is 97.1 Å². The van der Waals surface area contributed by atoms with Gasteiger partial charge in [0.05, 0.1) is 5.41 Å². The summed E-state index contributed by atoms with van der Waals surface area (Å²) < 4.78 is 2.68. The maximum absolute atomic E-state index is 2.41. The first-order chi connectivity index (χ1) is 19.7. The molecule has 2 aliphatic rings. The molecule has 1 spiro atoms. The van der Waals surface area contributed by atoms with E-state index in [0.717, 1.165) is 0 Å². The lowest BCUT2D eigenvalue weighted by molar-refractivity contribution is 0.793. The van der Waals surface area contributed by atoms with Gasteiger partial charge in [0.25, 0.3) is 0 Å². The Labute approximate surface area is 237 Å². The molecule has 40 heavy (non-hydrogen) atoms. The zero-order chi connectivity index (χ0) is 26.4. The Morgan fingerprint density at radius 1 is 0.450 bits per heavy atom. The van der Waals surface area contributed by atoms with E-state index in [4.69, 9.17) is 0 Å². The van der Waals surface area contributed by atoms with Crippen LogP contribution in [0.25, 0.3) is 42.4 Å². The number of fused-ring (bicyclic) bond motifs is 13. The van der Waals surface area contributed by atoms with Crippen LogP contribution in [0.1, 0.15) is 22.3 Å². The van der Waals surface area contributed by atoms with Gasteiger partial charge in [-0.05, 0) is 80.9 Å². The zero-order valence-electron chi connectivity index (χ0n) is 22.1. The minimum absolute atomic E-state index is 0.287. The third kappa shape index (κ3) is 2.71.